The first-order valence-corrected chi connectivity index (χ1v) is 7.64. The molecule has 0 saturated heterocycles. The minimum Gasteiger partial charge on any atom is -0.494 e. The van der Waals surface area contributed by atoms with E-state index in [1.807, 2.05) is 6.92 Å². The van der Waals surface area contributed by atoms with Crippen molar-refractivity contribution in [1.29, 1.82) is 0 Å². The molecule has 0 heterocycles. The van der Waals surface area contributed by atoms with Crippen LogP contribution in [0.1, 0.15) is 17.3 Å². The molecule has 0 aliphatic heterocycles. The van der Waals surface area contributed by atoms with Crippen LogP contribution in [0.5, 0.6) is 5.75 Å². The van der Waals surface area contributed by atoms with E-state index >= 15 is 0 Å². The van der Waals surface area contributed by atoms with Crippen molar-refractivity contribution >= 4 is 29.1 Å². The summed E-state index contributed by atoms with van der Waals surface area (Å²) in [5, 5.41) is 4.72. The Morgan fingerprint density at radius 2 is 1.88 bits per heavy atom. The van der Waals surface area contributed by atoms with Gasteiger partial charge in [-0.3, -0.25) is 9.59 Å². The number of hydrogen-bond acceptors (Lipinski definition) is 3. The topological polar surface area (TPSA) is 67.4 Å². The van der Waals surface area contributed by atoms with Gasteiger partial charge < -0.3 is 15.4 Å². The molecule has 0 spiro atoms. The van der Waals surface area contributed by atoms with E-state index in [2.05, 4.69) is 10.6 Å². The Hall–Kier alpha value is -2.60. The Morgan fingerprint density at radius 1 is 1.17 bits per heavy atom. The Labute approximate surface area is 143 Å². The zero-order valence-electron chi connectivity index (χ0n) is 12.9. The molecule has 24 heavy (non-hydrogen) atoms. The highest BCUT2D eigenvalue weighted by Crippen LogP contribution is 2.21. The Morgan fingerprint density at radius 3 is 2.54 bits per heavy atom. The van der Waals surface area contributed by atoms with Crippen molar-refractivity contribution < 1.29 is 18.7 Å². The number of carbonyl (C=O) groups is 2. The summed E-state index contributed by atoms with van der Waals surface area (Å²) < 4.78 is 19.0. The molecule has 126 valence electrons. The third kappa shape index (κ3) is 4.70. The quantitative estimate of drug-likeness (QED) is 0.840. The molecule has 0 saturated carbocycles. The lowest BCUT2D eigenvalue weighted by Gasteiger charge is -2.09. The van der Waals surface area contributed by atoms with Crippen LogP contribution in [0.4, 0.5) is 10.1 Å². The molecule has 2 rings (SSSR count). The second-order valence-electron chi connectivity index (χ2n) is 4.79. The number of hydrogen-bond donors (Lipinski definition) is 2. The van der Waals surface area contributed by atoms with Crippen LogP contribution in [0.15, 0.2) is 42.5 Å². The molecule has 2 N–H and O–H groups in total. The average molecular weight is 351 g/mol. The zero-order valence-corrected chi connectivity index (χ0v) is 13.7. The summed E-state index contributed by atoms with van der Waals surface area (Å²) in [6.07, 6.45) is 0. The van der Waals surface area contributed by atoms with Crippen molar-refractivity contribution in [1.82, 2.24) is 5.32 Å². The Kier molecular flexibility index (Phi) is 6.14. The van der Waals surface area contributed by atoms with Gasteiger partial charge in [0.2, 0.25) is 5.91 Å². The summed E-state index contributed by atoms with van der Waals surface area (Å²) in [6, 6.07) is 10.8. The molecule has 0 bridgehead atoms. The van der Waals surface area contributed by atoms with Crippen molar-refractivity contribution in [2.45, 2.75) is 6.92 Å². The van der Waals surface area contributed by atoms with Crippen LogP contribution >= 0.6 is 11.6 Å². The molecule has 2 aromatic rings. The zero-order chi connectivity index (χ0) is 17.5. The molecule has 5 nitrogen and oxygen atoms in total. The largest absolute Gasteiger partial charge is 0.494 e. The third-order valence-corrected chi connectivity index (χ3v) is 3.35. The fraction of sp³-hybridized carbons (Fsp3) is 0.176. The first-order valence-electron chi connectivity index (χ1n) is 7.26. The number of amides is 2. The van der Waals surface area contributed by atoms with E-state index in [0.717, 1.165) is 0 Å². The predicted molar refractivity (Wildman–Crippen MR) is 90.0 cm³/mol. The minimum atomic E-state index is -0.717. The van der Waals surface area contributed by atoms with E-state index in [0.29, 0.717) is 17.9 Å². The second-order valence-corrected chi connectivity index (χ2v) is 5.20. The lowest BCUT2D eigenvalue weighted by Crippen LogP contribution is -2.33. The van der Waals surface area contributed by atoms with Gasteiger partial charge >= 0.3 is 0 Å². The Balaban J connectivity index is 1.89. The molecule has 0 unspecified atom stereocenters. The lowest BCUT2D eigenvalue weighted by atomic mass is 10.2. The molecule has 7 heteroatoms. The maximum absolute atomic E-state index is 13.7. The monoisotopic (exact) mass is 350 g/mol. The molecule has 0 aliphatic rings. The van der Waals surface area contributed by atoms with Crippen LogP contribution in [-0.2, 0) is 4.79 Å². The third-order valence-electron chi connectivity index (χ3n) is 3.06. The van der Waals surface area contributed by atoms with Gasteiger partial charge in [-0.05, 0) is 43.3 Å². The maximum Gasteiger partial charge on any atom is 0.251 e. The van der Waals surface area contributed by atoms with Gasteiger partial charge in [-0.1, -0.05) is 17.7 Å². The number of anilines is 1. The summed E-state index contributed by atoms with van der Waals surface area (Å²) in [6.45, 7) is 2.10. The number of ether oxygens (including phenoxy) is 1. The molecule has 0 aromatic heterocycles. The van der Waals surface area contributed by atoms with Crippen molar-refractivity contribution in [3.8, 4) is 5.75 Å². The van der Waals surface area contributed by atoms with E-state index in [4.69, 9.17) is 16.3 Å². The number of benzene rings is 2. The molecule has 2 aromatic carbocycles. The first kappa shape index (κ1) is 17.7. The van der Waals surface area contributed by atoms with E-state index in [-0.39, 0.29) is 17.3 Å². The van der Waals surface area contributed by atoms with Gasteiger partial charge in [0.25, 0.3) is 5.91 Å². The van der Waals surface area contributed by atoms with E-state index < -0.39 is 17.6 Å². The van der Waals surface area contributed by atoms with Crippen LogP contribution in [0, 0.1) is 5.82 Å². The summed E-state index contributed by atoms with van der Waals surface area (Å²) in [4.78, 5) is 23.8. The molecule has 0 atom stereocenters. The van der Waals surface area contributed by atoms with Crippen molar-refractivity contribution in [2.75, 3.05) is 18.5 Å². The van der Waals surface area contributed by atoms with E-state index in [9.17, 15) is 14.0 Å². The van der Waals surface area contributed by atoms with E-state index in [1.165, 1.54) is 18.2 Å². The first-order chi connectivity index (χ1) is 11.5. The highest BCUT2D eigenvalue weighted by Gasteiger charge is 2.11. The van der Waals surface area contributed by atoms with Crippen molar-refractivity contribution in [2.24, 2.45) is 0 Å². The minimum absolute atomic E-state index is 0.0391. The Bertz CT molecular complexity index is 735. The highest BCUT2D eigenvalue weighted by atomic mass is 35.5. The van der Waals surface area contributed by atoms with Crippen LogP contribution in [0.2, 0.25) is 5.02 Å². The average Bonchev–Trinajstić information content (AvgIpc) is 2.58. The maximum atomic E-state index is 13.7. The van der Waals surface area contributed by atoms with Gasteiger partial charge in [-0.2, -0.15) is 0 Å². The molecular formula is C17H16ClFN2O3. The molecular weight excluding hydrogens is 335 g/mol. The lowest BCUT2D eigenvalue weighted by molar-refractivity contribution is -0.115. The number of halogens is 2. The summed E-state index contributed by atoms with van der Waals surface area (Å²) in [7, 11) is 0. The number of nitrogens with one attached hydrogen (secondary N) is 2. The predicted octanol–water partition coefficient (Wildman–Crippen LogP) is 3.25. The summed E-state index contributed by atoms with van der Waals surface area (Å²) in [5.41, 5.74) is 0.350. The number of carbonyl (C=O) groups excluding carboxylic acids is 2. The van der Waals surface area contributed by atoms with Gasteiger partial charge in [0, 0.05) is 5.56 Å². The SMILES string of the molecule is CCOc1ccc(C(=O)NCC(=O)Nc2cccc(Cl)c2F)cc1. The summed E-state index contributed by atoms with van der Waals surface area (Å²) >= 11 is 5.63. The fourth-order valence-corrected chi connectivity index (χ4v) is 2.10. The van der Waals surface area contributed by atoms with Crippen molar-refractivity contribution in [3.05, 3.63) is 58.9 Å². The molecule has 0 fully saturated rings. The van der Waals surface area contributed by atoms with Gasteiger partial charge in [-0.15, -0.1) is 0 Å². The molecule has 0 aliphatic carbocycles. The van der Waals surface area contributed by atoms with Crippen LogP contribution in [0.3, 0.4) is 0 Å². The van der Waals surface area contributed by atoms with Crippen molar-refractivity contribution in [3.63, 3.8) is 0 Å². The van der Waals surface area contributed by atoms with Crippen LogP contribution in [0.25, 0.3) is 0 Å². The smallest absolute Gasteiger partial charge is 0.251 e. The van der Waals surface area contributed by atoms with E-state index in [1.54, 1.807) is 24.3 Å². The van der Waals surface area contributed by atoms with Gasteiger partial charge in [0.15, 0.2) is 5.82 Å². The fourth-order valence-electron chi connectivity index (χ4n) is 1.93. The standard InChI is InChI=1S/C17H16ClFN2O3/c1-2-24-12-8-6-11(7-9-12)17(23)20-10-15(22)21-14-5-3-4-13(18)16(14)19/h3-9H,2,10H2,1H3,(H,20,23)(H,21,22). The highest BCUT2D eigenvalue weighted by molar-refractivity contribution is 6.31. The van der Waals surface area contributed by atoms with Crippen LogP contribution in [-0.4, -0.2) is 25.0 Å². The molecule has 2 amide bonds. The second kappa shape index (κ2) is 8.31. The van der Waals surface area contributed by atoms with Gasteiger partial charge in [-0.25, -0.2) is 4.39 Å². The van der Waals surface area contributed by atoms with Crippen LogP contribution < -0.4 is 15.4 Å². The van der Waals surface area contributed by atoms with Gasteiger partial charge in [0.1, 0.15) is 5.75 Å². The number of rotatable bonds is 6. The summed E-state index contributed by atoms with van der Waals surface area (Å²) in [5.74, 6) is -1.04. The normalized spacial score (nSPS) is 10.1. The van der Waals surface area contributed by atoms with Gasteiger partial charge in [0.05, 0.1) is 23.9 Å². The molecule has 0 radical (unpaired) electrons.